The van der Waals surface area contributed by atoms with Gasteiger partial charge in [0.1, 0.15) is 0 Å². The molecule has 0 spiro atoms. The average molecular weight is 211 g/mol. The molecule has 1 heterocycles. The fourth-order valence-electron chi connectivity index (χ4n) is 0.308. The molecular weight excluding hydrogens is 205 g/mol. The van der Waals surface area contributed by atoms with E-state index in [1.165, 1.54) is 3.70 Å². The van der Waals surface area contributed by atoms with E-state index in [-0.39, 0.29) is 5.48 Å². The number of H-pyrrole nitrogens is 1. The molecule has 0 aliphatic heterocycles. The standard InChI is InChI=1S/C4H4IN.H2O/c5-4-2-1-3-6-4;/h1-3,6H;1H2. The maximum absolute atomic E-state index is 2.99. The van der Waals surface area contributed by atoms with E-state index < -0.39 is 0 Å². The van der Waals surface area contributed by atoms with Gasteiger partial charge in [0, 0.05) is 6.20 Å². The molecule has 2 nitrogen and oxygen atoms in total. The van der Waals surface area contributed by atoms with E-state index in [4.69, 9.17) is 0 Å². The van der Waals surface area contributed by atoms with Crippen LogP contribution in [0.4, 0.5) is 0 Å². The summed E-state index contributed by atoms with van der Waals surface area (Å²) in [6, 6.07) is 3.99. The fraction of sp³-hybridized carbons (Fsp3) is 0. The number of hydrogen-bond acceptors (Lipinski definition) is 0. The Hall–Kier alpha value is -0.0300. The van der Waals surface area contributed by atoms with Crippen LogP contribution in [0.1, 0.15) is 0 Å². The molecule has 0 bridgehead atoms. The van der Waals surface area contributed by atoms with Crippen molar-refractivity contribution in [2.45, 2.75) is 0 Å². The monoisotopic (exact) mass is 211 g/mol. The molecule has 0 aliphatic rings. The second-order valence-corrected chi connectivity index (χ2v) is 2.18. The van der Waals surface area contributed by atoms with Gasteiger partial charge in [0.2, 0.25) is 0 Å². The molecule has 0 unspecified atom stereocenters. The van der Waals surface area contributed by atoms with Crippen molar-refractivity contribution < 1.29 is 5.48 Å². The van der Waals surface area contributed by atoms with Crippen molar-refractivity contribution >= 4 is 22.6 Å². The first-order valence-corrected chi connectivity index (χ1v) is 2.76. The minimum Gasteiger partial charge on any atom is -0.412 e. The predicted octanol–water partition coefficient (Wildman–Crippen LogP) is 0.795. The SMILES string of the molecule is Ic1ccc[nH]1.O. The van der Waals surface area contributed by atoms with Gasteiger partial charge >= 0.3 is 0 Å². The number of aromatic nitrogens is 1. The Morgan fingerprint density at radius 1 is 1.57 bits per heavy atom. The molecule has 1 rings (SSSR count). The molecule has 0 aliphatic carbocycles. The number of halogens is 1. The highest BCUT2D eigenvalue weighted by Crippen LogP contribution is 1.95. The van der Waals surface area contributed by atoms with Crippen molar-refractivity contribution in [1.82, 2.24) is 4.98 Å². The van der Waals surface area contributed by atoms with E-state index in [0.717, 1.165) is 0 Å². The molecule has 40 valence electrons. The van der Waals surface area contributed by atoms with Gasteiger partial charge in [-0.15, -0.1) is 0 Å². The Kier molecular flexibility index (Phi) is 3.02. The molecular formula is C4H6INO. The smallest absolute Gasteiger partial charge is 0.0771 e. The topological polar surface area (TPSA) is 47.3 Å². The molecule has 1 aromatic heterocycles. The third kappa shape index (κ3) is 1.94. The van der Waals surface area contributed by atoms with Crippen LogP contribution in [-0.4, -0.2) is 10.5 Å². The van der Waals surface area contributed by atoms with E-state index in [0.29, 0.717) is 0 Å². The highest BCUT2D eigenvalue weighted by Gasteiger charge is 1.74. The molecule has 7 heavy (non-hydrogen) atoms. The van der Waals surface area contributed by atoms with Crippen LogP contribution >= 0.6 is 22.6 Å². The van der Waals surface area contributed by atoms with Crippen molar-refractivity contribution in [3.8, 4) is 0 Å². The molecule has 3 N–H and O–H groups in total. The van der Waals surface area contributed by atoms with Gasteiger partial charge in [0.05, 0.1) is 3.70 Å². The van der Waals surface area contributed by atoms with Gasteiger partial charge in [-0.05, 0) is 34.7 Å². The second-order valence-electron chi connectivity index (χ2n) is 1.02. The van der Waals surface area contributed by atoms with Gasteiger partial charge in [0.25, 0.3) is 0 Å². The Morgan fingerprint density at radius 2 is 2.29 bits per heavy atom. The predicted molar refractivity (Wildman–Crippen MR) is 37.1 cm³/mol. The summed E-state index contributed by atoms with van der Waals surface area (Å²) in [4.78, 5) is 2.99. The van der Waals surface area contributed by atoms with Gasteiger partial charge in [-0.1, -0.05) is 0 Å². The zero-order valence-corrected chi connectivity index (χ0v) is 5.77. The molecule has 0 saturated carbocycles. The van der Waals surface area contributed by atoms with Crippen LogP contribution in [0.2, 0.25) is 0 Å². The van der Waals surface area contributed by atoms with E-state index in [2.05, 4.69) is 27.6 Å². The van der Waals surface area contributed by atoms with Gasteiger partial charge < -0.3 is 10.5 Å². The molecule has 0 aromatic carbocycles. The Labute approximate surface area is 55.4 Å². The zero-order chi connectivity index (χ0) is 4.41. The number of nitrogens with one attached hydrogen (secondary N) is 1. The van der Waals surface area contributed by atoms with Crippen molar-refractivity contribution in [2.75, 3.05) is 0 Å². The van der Waals surface area contributed by atoms with Gasteiger partial charge in [-0.3, -0.25) is 0 Å². The molecule has 0 amide bonds. The van der Waals surface area contributed by atoms with Crippen LogP contribution in [-0.2, 0) is 0 Å². The summed E-state index contributed by atoms with van der Waals surface area (Å²) < 4.78 is 1.19. The summed E-state index contributed by atoms with van der Waals surface area (Å²) in [5, 5.41) is 0. The first-order valence-electron chi connectivity index (χ1n) is 1.68. The molecule has 1 aromatic rings. The van der Waals surface area contributed by atoms with E-state index in [9.17, 15) is 0 Å². The van der Waals surface area contributed by atoms with Crippen LogP contribution in [0.3, 0.4) is 0 Å². The van der Waals surface area contributed by atoms with Crippen LogP contribution in [0.15, 0.2) is 18.3 Å². The zero-order valence-electron chi connectivity index (χ0n) is 3.61. The van der Waals surface area contributed by atoms with Crippen LogP contribution in [0.25, 0.3) is 0 Å². The lowest BCUT2D eigenvalue weighted by atomic mass is 10.7. The Bertz CT molecular complexity index is 115. The lowest BCUT2D eigenvalue weighted by molar-refractivity contribution is 0.824. The van der Waals surface area contributed by atoms with Crippen molar-refractivity contribution in [3.05, 3.63) is 22.0 Å². The number of rotatable bonds is 0. The summed E-state index contributed by atoms with van der Waals surface area (Å²) in [5.74, 6) is 0. The van der Waals surface area contributed by atoms with E-state index in [1.54, 1.807) is 0 Å². The molecule has 0 atom stereocenters. The number of aromatic amines is 1. The van der Waals surface area contributed by atoms with Gasteiger partial charge in [-0.25, -0.2) is 0 Å². The third-order valence-corrected chi connectivity index (χ3v) is 1.23. The highest BCUT2D eigenvalue weighted by molar-refractivity contribution is 14.1. The van der Waals surface area contributed by atoms with Crippen molar-refractivity contribution in [2.24, 2.45) is 0 Å². The van der Waals surface area contributed by atoms with Crippen molar-refractivity contribution in [3.63, 3.8) is 0 Å². The minimum absolute atomic E-state index is 0. The summed E-state index contributed by atoms with van der Waals surface area (Å²) >= 11 is 2.22. The lowest BCUT2D eigenvalue weighted by Crippen LogP contribution is -1.57. The third-order valence-electron chi connectivity index (χ3n) is 0.560. The molecule has 0 saturated heterocycles. The normalized spacial score (nSPS) is 7.57. The maximum atomic E-state index is 2.99. The first kappa shape index (κ1) is 6.97. The molecule has 0 radical (unpaired) electrons. The summed E-state index contributed by atoms with van der Waals surface area (Å²) in [7, 11) is 0. The summed E-state index contributed by atoms with van der Waals surface area (Å²) in [5.41, 5.74) is 0. The highest BCUT2D eigenvalue weighted by atomic mass is 127. The first-order chi connectivity index (χ1) is 2.89. The largest absolute Gasteiger partial charge is 0.412 e. The molecule has 0 fully saturated rings. The summed E-state index contributed by atoms with van der Waals surface area (Å²) in [6.45, 7) is 0. The fourth-order valence-corrected chi connectivity index (χ4v) is 0.696. The maximum Gasteiger partial charge on any atom is 0.0771 e. The van der Waals surface area contributed by atoms with Gasteiger partial charge in [0.15, 0.2) is 0 Å². The second kappa shape index (κ2) is 3.04. The minimum atomic E-state index is 0. The van der Waals surface area contributed by atoms with Crippen molar-refractivity contribution in [1.29, 1.82) is 0 Å². The lowest BCUT2D eigenvalue weighted by Gasteiger charge is -1.67. The van der Waals surface area contributed by atoms with Crippen LogP contribution in [0, 0.1) is 3.70 Å². The Morgan fingerprint density at radius 3 is 2.43 bits per heavy atom. The van der Waals surface area contributed by atoms with Crippen LogP contribution in [0.5, 0.6) is 0 Å². The molecule has 3 heteroatoms. The van der Waals surface area contributed by atoms with Crippen LogP contribution < -0.4 is 0 Å². The Balaban J connectivity index is 0.000000360. The number of hydrogen-bond donors (Lipinski definition) is 1. The van der Waals surface area contributed by atoms with Gasteiger partial charge in [-0.2, -0.15) is 0 Å². The van der Waals surface area contributed by atoms with E-state index in [1.807, 2.05) is 18.3 Å². The quantitative estimate of drug-likeness (QED) is 0.617. The van der Waals surface area contributed by atoms with E-state index >= 15 is 0 Å². The summed E-state index contributed by atoms with van der Waals surface area (Å²) in [6.07, 6.45) is 1.90. The average Bonchev–Trinajstić information content (AvgIpc) is 1.86.